The molecule has 1 aliphatic heterocycles. The summed E-state index contributed by atoms with van der Waals surface area (Å²) in [4.78, 5) is 34.1. The van der Waals surface area contributed by atoms with Gasteiger partial charge in [-0.05, 0) is 25.2 Å². The maximum Gasteiger partial charge on any atom is 0.349 e. The van der Waals surface area contributed by atoms with Gasteiger partial charge in [0.2, 0.25) is 0 Å². The average Bonchev–Trinajstić information content (AvgIpc) is 3.29. The maximum atomic E-state index is 12.9. The molecule has 1 aliphatic rings. The van der Waals surface area contributed by atoms with E-state index in [0.29, 0.717) is 40.2 Å². The number of H-pyrrole nitrogens is 1. The van der Waals surface area contributed by atoms with Crippen molar-refractivity contribution in [2.75, 3.05) is 37.1 Å². The summed E-state index contributed by atoms with van der Waals surface area (Å²) in [6, 6.07) is 0. The number of halogens is 2. The number of esters is 1. The number of aromatic amines is 1. The third kappa shape index (κ3) is 5.60. The first-order valence-corrected chi connectivity index (χ1v) is 13.2. The topological polar surface area (TPSA) is 109 Å². The van der Waals surface area contributed by atoms with Gasteiger partial charge in [0, 0.05) is 31.5 Å². The number of aryl methyl sites for hydroxylation is 1. The Kier molecular flexibility index (Phi) is 7.35. The molecule has 0 aliphatic carbocycles. The van der Waals surface area contributed by atoms with E-state index in [2.05, 4.69) is 9.97 Å². The highest BCUT2D eigenvalue weighted by Crippen LogP contribution is 2.35. The highest BCUT2D eigenvalue weighted by molar-refractivity contribution is 7.90. The molecule has 3 rings (SSSR count). The highest BCUT2D eigenvalue weighted by atomic mass is 35.5. The van der Waals surface area contributed by atoms with E-state index >= 15 is 0 Å². The van der Waals surface area contributed by atoms with Crippen molar-refractivity contribution in [1.29, 1.82) is 0 Å². The van der Waals surface area contributed by atoms with Crippen LogP contribution in [0, 0.1) is 18.8 Å². The minimum Gasteiger partial charge on any atom is -0.465 e. The first-order valence-electron chi connectivity index (χ1n) is 9.53. The number of Topliss-reactive ketones (excluding diaryl/α,β-unsaturated/α-hetero) is 1. The van der Waals surface area contributed by atoms with Gasteiger partial charge in [0.05, 0.1) is 29.1 Å². The number of carbonyl (C=O) groups is 2. The number of aromatic nitrogens is 2. The molecule has 0 radical (unpaired) electrons. The summed E-state index contributed by atoms with van der Waals surface area (Å²) < 4.78 is 28.8. The quantitative estimate of drug-likeness (QED) is 0.449. The Morgan fingerprint density at radius 3 is 2.61 bits per heavy atom. The number of sulfone groups is 1. The molecule has 170 valence electrons. The first-order chi connectivity index (χ1) is 14.5. The van der Waals surface area contributed by atoms with E-state index in [-0.39, 0.29) is 40.5 Å². The zero-order chi connectivity index (χ0) is 22.9. The van der Waals surface area contributed by atoms with Crippen LogP contribution in [-0.4, -0.2) is 62.3 Å². The number of nitrogens with one attached hydrogen (secondary N) is 1. The number of hydrogen-bond acceptors (Lipinski definition) is 8. The van der Waals surface area contributed by atoms with E-state index in [0.717, 1.165) is 0 Å². The Labute approximate surface area is 194 Å². The summed E-state index contributed by atoms with van der Waals surface area (Å²) in [5, 5.41) is 1.13. The Morgan fingerprint density at radius 2 is 2.03 bits per heavy atom. The highest BCUT2D eigenvalue weighted by Gasteiger charge is 2.35. The van der Waals surface area contributed by atoms with Gasteiger partial charge in [-0.25, -0.2) is 18.2 Å². The van der Waals surface area contributed by atoms with Crippen molar-refractivity contribution >= 4 is 61.3 Å². The smallest absolute Gasteiger partial charge is 0.349 e. The van der Waals surface area contributed by atoms with Crippen LogP contribution in [0.3, 0.4) is 0 Å². The Hall–Kier alpha value is -1.62. The monoisotopic (exact) mass is 507 g/mol. The van der Waals surface area contributed by atoms with Crippen LogP contribution in [0.1, 0.15) is 38.7 Å². The van der Waals surface area contributed by atoms with Crippen LogP contribution in [0.25, 0.3) is 0 Å². The minimum atomic E-state index is -3.27. The second kappa shape index (κ2) is 9.48. The van der Waals surface area contributed by atoms with Crippen molar-refractivity contribution in [3.05, 3.63) is 32.5 Å². The fraction of sp³-hybridized carbons (Fsp3) is 0.526. The van der Waals surface area contributed by atoms with Gasteiger partial charge in [-0.2, -0.15) is 0 Å². The molecule has 3 heterocycles. The van der Waals surface area contributed by atoms with Gasteiger partial charge in [0.1, 0.15) is 20.4 Å². The molecule has 0 aromatic carbocycles. The lowest BCUT2D eigenvalue weighted by atomic mass is 9.83. The number of ether oxygens (including phenoxy) is 1. The molecule has 1 fully saturated rings. The summed E-state index contributed by atoms with van der Waals surface area (Å²) in [6.45, 7) is 2.73. The number of methoxy groups -OCH3 is 1. The number of carbonyl (C=O) groups excluding carboxylic acids is 2. The number of piperidine rings is 1. The fourth-order valence-electron chi connectivity index (χ4n) is 3.81. The molecule has 0 amide bonds. The van der Waals surface area contributed by atoms with E-state index < -0.39 is 15.8 Å². The summed E-state index contributed by atoms with van der Waals surface area (Å²) in [6.07, 6.45) is 3.40. The SMILES string of the molecule is COC(=O)c1cnc(N2CCC(CC(=O)c3[nH]c(C)c(Cl)c3Cl)C(CS(C)(=O)=O)C2)s1. The van der Waals surface area contributed by atoms with Crippen LogP contribution in [0.15, 0.2) is 6.20 Å². The third-order valence-corrected chi connectivity index (χ3v) is 8.36. The molecular formula is C19H23Cl2N3O5S2. The minimum absolute atomic E-state index is 0.0467. The van der Waals surface area contributed by atoms with Gasteiger partial charge >= 0.3 is 5.97 Å². The van der Waals surface area contributed by atoms with Crippen molar-refractivity contribution in [3.63, 3.8) is 0 Å². The van der Waals surface area contributed by atoms with Crippen LogP contribution in [0.4, 0.5) is 5.13 Å². The van der Waals surface area contributed by atoms with Crippen LogP contribution in [-0.2, 0) is 14.6 Å². The molecule has 2 aromatic rings. The zero-order valence-corrected chi connectivity index (χ0v) is 20.4. The Balaban J connectivity index is 1.78. The van der Waals surface area contributed by atoms with Crippen LogP contribution < -0.4 is 4.90 Å². The number of ketones is 1. The summed E-state index contributed by atoms with van der Waals surface area (Å²) in [5.74, 6) is -1.12. The zero-order valence-electron chi connectivity index (χ0n) is 17.3. The molecule has 31 heavy (non-hydrogen) atoms. The lowest BCUT2D eigenvalue weighted by molar-refractivity contribution is 0.0606. The predicted molar refractivity (Wildman–Crippen MR) is 121 cm³/mol. The van der Waals surface area contributed by atoms with E-state index in [1.54, 1.807) is 6.92 Å². The van der Waals surface area contributed by atoms with E-state index in [1.807, 2.05) is 4.90 Å². The van der Waals surface area contributed by atoms with E-state index in [9.17, 15) is 18.0 Å². The molecular weight excluding hydrogens is 485 g/mol. The number of rotatable bonds is 7. The molecule has 2 aromatic heterocycles. The first kappa shape index (κ1) is 24.0. The number of thiazole rings is 1. The van der Waals surface area contributed by atoms with Gasteiger partial charge < -0.3 is 14.6 Å². The van der Waals surface area contributed by atoms with Gasteiger partial charge in [0.25, 0.3) is 0 Å². The summed E-state index contributed by atoms with van der Waals surface area (Å²) in [5.41, 5.74) is 0.870. The largest absolute Gasteiger partial charge is 0.465 e. The van der Waals surface area contributed by atoms with Crippen LogP contribution >= 0.6 is 34.5 Å². The van der Waals surface area contributed by atoms with Crippen molar-refractivity contribution in [2.24, 2.45) is 11.8 Å². The number of anilines is 1. The molecule has 8 nitrogen and oxygen atoms in total. The fourth-order valence-corrected chi connectivity index (χ4v) is 6.27. The second-order valence-electron chi connectivity index (χ2n) is 7.73. The van der Waals surface area contributed by atoms with Gasteiger partial charge in [-0.15, -0.1) is 0 Å². The maximum absolute atomic E-state index is 12.9. The molecule has 2 atom stereocenters. The molecule has 0 bridgehead atoms. The van der Waals surface area contributed by atoms with Crippen molar-refractivity contribution in [3.8, 4) is 0 Å². The molecule has 1 N–H and O–H groups in total. The Bertz CT molecular complexity index is 1100. The molecule has 12 heteroatoms. The standard InChI is InChI=1S/C19H23Cl2N3O5S2/c1-10-15(20)16(21)17(23-10)13(25)6-11-4-5-24(8-12(11)9-31(3,27)28)19-22-7-14(30-19)18(26)29-2/h7,11-12,23H,4-6,8-9H2,1-3H3. The van der Waals surface area contributed by atoms with Crippen molar-refractivity contribution in [1.82, 2.24) is 9.97 Å². The van der Waals surface area contributed by atoms with Gasteiger partial charge in [-0.3, -0.25) is 4.79 Å². The number of nitrogens with zero attached hydrogens (tertiary/aromatic N) is 2. The second-order valence-corrected chi connectivity index (χ2v) is 11.7. The Morgan fingerprint density at radius 1 is 1.32 bits per heavy atom. The molecule has 0 saturated carbocycles. The summed E-state index contributed by atoms with van der Waals surface area (Å²) >= 11 is 13.5. The van der Waals surface area contributed by atoms with Crippen LogP contribution in [0.2, 0.25) is 10.0 Å². The van der Waals surface area contributed by atoms with Crippen molar-refractivity contribution < 1.29 is 22.7 Å². The molecule has 1 saturated heterocycles. The molecule has 0 spiro atoms. The van der Waals surface area contributed by atoms with E-state index in [4.69, 9.17) is 27.9 Å². The predicted octanol–water partition coefficient (Wildman–Crippen LogP) is 3.63. The third-order valence-electron chi connectivity index (χ3n) is 5.34. The van der Waals surface area contributed by atoms with E-state index in [1.165, 1.54) is 30.9 Å². The average molecular weight is 508 g/mol. The van der Waals surface area contributed by atoms with Crippen LogP contribution in [0.5, 0.6) is 0 Å². The summed E-state index contributed by atoms with van der Waals surface area (Å²) in [7, 11) is -1.97. The normalized spacial score (nSPS) is 19.5. The lowest BCUT2D eigenvalue weighted by Gasteiger charge is -2.38. The number of hydrogen-bond donors (Lipinski definition) is 1. The van der Waals surface area contributed by atoms with Gasteiger partial charge in [0.15, 0.2) is 10.9 Å². The van der Waals surface area contributed by atoms with Gasteiger partial charge in [-0.1, -0.05) is 34.5 Å². The molecule has 2 unspecified atom stereocenters. The lowest BCUT2D eigenvalue weighted by Crippen LogP contribution is -2.44. The van der Waals surface area contributed by atoms with Crippen molar-refractivity contribution in [2.45, 2.75) is 19.8 Å².